The second kappa shape index (κ2) is 3.41. The van der Waals surface area contributed by atoms with Gasteiger partial charge in [-0.2, -0.15) is 10.5 Å². The van der Waals surface area contributed by atoms with Crippen molar-refractivity contribution in [1.29, 1.82) is 21.3 Å². The lowest BCUT2D eigenvalue weighted by atomic mass is 10.0. The maximum atomic E-state index is 8.96. The summed E-state index contributed by atoms with van der Waals surface area (Å²) in [5.74, 6) is -0.195. The fraction of sp³-hybridized carbons (Fsp3) is 0. The molecule has 0 aliphatic carbocycles. The van der Waals surface area contributed by atoms with E-state index in [1.165, 1.54) is 12.1 Å². The first kappa shape index (κ1) is 9.75. The SMILES string of the molecule is N#Cc1ccc2c(c1C#N)=NC(=N)C(=N)C=2. The van der Waals surface area contributed by atoms with Crippen LogP contribution in [0.25, 0.3) is 6.08 Å². The Balaban J connectivity index is 2.99. The van der Waals surface area contributed by atoms with Gasteiger partial charge in [0.05, 0.1) is 22.2 Å². The molecule has 0 aromatic heterocycles. The zero-order valence-corrected chi connectivity index (χ0v) is 8.07. The van der Waals surface area contributed by atoms with Crippen LogP contribution in [-0.4, -0.2) is 11.5 Å². The summed E-state index contributed by atoms with van der Waals surface area (Å²) >= 11 is 0. The van der Waals surface area contributed by atoms with Gasteiger partial charge >= 0.3 is 0 Å². The van der Waals surface area contributed by atoms with Crippen LogP contribution in [0.15, 0.2) is 17.1 Å². The maximum absolute atomic E-state index is 8.96. The zero-order valence-electron chi connectivity index (χ0n) is 8.07. The molecule has 5 nitrogen and oxygen atoms in total. The lowest BCUT2D eigenvalue weighted by molar-refractivity contribution is 1.26. The number of nitrogens with one attached hydrogen (secondary N) is 2. The van der Waals surface area contributed by atoms with E-state index in [1.807, 2.05) is 12.1 Å². The molecule has 0 amide bonds. The predicted octanol–water partition coefficient (Wildman–Crippen LogP) is -0.159. The topological polar surface area (TPSA) is 108 Å². The number of hydrogen-bond donors (Lipinski definition) is 2. The van der Waals surface area contributed by atoms with Gasteiger partial charge in [-0.25, -0.2) is 4.99 Å². The minimum Gasteiger partial charge on any atom is -0.297 e. The van der Waals surface area contributed by atoms with Crippen LogP contribution in [0.4, 0.5) is 0 Å². The van der Waals surface area contributed by atoms with Crippen molar-refractivity contribution in [3.63, 3.8) is 0 Å². The van der Waals surface area contributed by atoms with Gasteiger partial charge in [-0.3, -0.25) is 10.8 Å². The van der Waals surface area contributed by atoms with E-state index in [0.717, 1.165) is 0 Å². The molecule has 0 bridgehead atoms. The van der Waals surface area contributed by atoms with Crippen molar-refractivity contribution >= 4 is 17.6 Å². The predicted molar refractivity (Wildman–Crippen MR) is 56.6 cm³/mol. The van der Waals surface area contributed by atoms with E-state index in [-0.39, 0.29) is 22.7 Å². The van der Waals surface area contributed by atoms with Gasteiger partial charge in [0, 0.05) is 5.22 Å². The first-order valence-electron chi connectivity index (χ1n) is 4.38. The van der Waals surface area contributed by atoms with Gasteiger partial charge in [-0.15, -0.1) is 0 Å². The minimum atomic E-state index is -0.195. The largest absolute Gasteiger partial charge is 0.297 e. The normalized spacial score (nSPS) is 12.9. The van der Waals surface area contributed by atoms with E-state index >= 15 is 0 Å². The number of amidine groups is 1. The summed E-state index contributed by atoms with van der Waals surface area (Å²) in [5.41, 5.74) is 0.397. The number of benzene rings is 1. The Morgan fingerprint density at radius 1 is 1.12 bits per heavy atom. The molecule has 0 saturated heterocycles. The quantitative estimate of drug-likeness (QED) is 0.616. The van der Waals surface area contributed by atoms with Crippen molar-refractivity contribution in [2.75, 3.05) is 0 Å². The molecule has 0 saturated carbocycles. The Kier molecular flexibility index (Phi) is 2.08. The summed E-state index contributed by atoms with van der Waals surface area (Å²) < 4.78 is 0. The Morgan fingerprint density at radius 2 is 1.88 bits per heavy atom. The summed E-state index contributed by atoms with van der Waals surface area (Å²) in [6.07, 6.45) is 1.46. The van der Waals surface area contributed by atoms with Gasteiger partial charge in [0.25, 0.3) is 0 Å². The maximum Gasteiger partial charge on any atom is 0.170 e. The third-order valence-corrected chi connectivity index (χ3v) is 2.22. The van der Waals surface area contributed by atoms with Crippen molar-refractivity contribution in [3.05, 3.63) is 33.8 Å². The van der Waals surface area contributed by atoms with E-state index in [9.17, 15) is 0 Å². The molecule has 1 aliphatic rings. The van der Waals surface area contributed by atoms with Gasteiger partial charge in [-0.05, 0) is 12.1 Å². The fourth-order valence-electron chi connectivity index (χ4n) is 1.45. The second-order valence-electron chi connectivity index (χ2n) is 3.17. The lowest BCUT2D eigenvalue weighted by Gasteiger charge is -2.03. The molecule has 0 unspecified atom stereocenters. The first-order chi connectivity index (χ1) is 7.67. The highest BCUT2D eigenvalue weighted by Gasteiger charge is 2.11. The molecule has 1 aromatic rings. The molecule has 0 spiro atoms. The summed E-state index contributed by atoms with van der Waals surface area (Å²) in [5, 5.41) is 33.5. The highest BCUT2D eigenvalue weighted by atomic mass is 14.8. The Hall–Kier alpha value is -2.79. The van der Waals surface area contributed by atoms with Gasteiger partial charge in [0.1, 0.15) is 12.1 Å². The van der Waals surface area contributed by atoms with Crippen LogP contribution in [0, 0.1) is 33.5 Å². The monoisotopic (exact) mass is 207 g/mol. The Labute approximate surface area is 90.6 Å². The molecule has 1 heterocycles. The summed E-state index contributed by atoms with van der Waals surface area (Å²) in [7, 11) is 0. The number of nitrogens with zero attached hydrogens (tertiary/aromatic N) is 3. The number of fused-ring (bicyclic) bond motifs is 1. The smallest absolute Gasteiger partial charge is 0.170 e. The van der Waals surface area contributed by atoms with E-state index in [2.05, 4.69) is 4.99 Å². The van der Waals surface area contributed by atoms with Crippen molar-refractivity contribution in [1.82, 2.24) is 0 Å². The van der Waals surface area contributed by atoms with Crippen LogP contribution in [0.3, 0.4) is 0 Å². The standard InChI is InChI=1S/C11H5N5/c12-4-7-2-1-6-3-9(14)11(15)16-10(6)8(7)5-13/h1-3,14-15H. The average molecular weight is 207 g/mol. The van der Waals surface area contributed by atoms with Gasteiger partial charge in [-0.1, -0.05) is 6.07 Å². The highest BCUT2D eigenvalue weighted by molar-refractivity contribution is 6.50. The molecular formula is C11H5N5. The number of rotatable bonds is 0. The number of hydrogen-bond acceptors (Lipinski definition) is 4. The molecule has 16 heavy (non-hydrogen) atoms. The van der Waals surface area contributed by atoms with E-state index < -0.39 is 0 Å². The minimum absolute atomic E-state index is 0.00102. The van der Waals surface area contributed by atoms with Crippen molar-refractivity contribution in [2.24, 2.45) is 4.99 Å². The molecule has 2 rings (SSSR count). The molecular weight excluding hydrogens is 202 g/mol. The van der Waals surface area contributed by atoms with Crippen LogP contribution < -0.4 is 10.6 Å². The molecule has 1 aliphatic heterocycles. The molecule has 2 N–H and O–H groups in total. The highest BCUT2D eigenvalue weighted by Crippen LogP contribution is 1.99. The van der Waals surface area contributed by atoms with E-state index in [1.54, 1.807) is 6.07 Å². The fourth-order valence-corrected chi connectivity index (χ4v) is 1.45. The third kappa shape index (κ3) is 1.28. The molecule has 74 valence electrons. The van der Waals surface area contributed by atoms with Crippen molar-refractivity contribution < 1.29 is 0 Å². The van der Waals surface area contributed by atoms with Gasteiger partial charge in [0.2, 0.25) is 0 Å². The first-order valence-corrected chi connectivity index (χ1v) is 4.38. The lowest BCUT2D eigenvalue weighted by Crippen LogP contribution is -2.36. The van der Waals surface area contributed by atoms with Crippen LogP contribution in [0.1, 0.15) is 11.1 Å². The summed E-state index contributed by atoms with van der Waals surface area (Å²) in [6.45, 7) is 0. The van der Waals surface area contributed by atoms with Crippen molar-refractivity contribution in [2.45, 2.75) is 0 Å². The van der Waals surface area contributed by atoms with Crippen molar-refractivity contribution in [3.8, 4) is 12.1 Å². The number of nitriles is 2. The molecule has 0 atom stereocenters. The molecule has 0 radical (unpaired) electrons. The van der Waals surface area contributed by atoms with Crippen LogP contribution in [0.5, 0.6) is 0 Å². The van der Waals surface area contributed by atoms with Crippen LogP contribution in [-0.2, 0) is 0 Å². The second-order valence-corrected chi connectivity index (χ2v) is 3.17. The third-order valence-electron chi connectivity index (χ3n) is 2.22. The molecule has 5 heteroatoms. The Bertz CT molecular complexity index is 712. The van der Waals surface area contributed by atoms with E-state index in [0.29, 0.717) is 10.6 Å². The van der Waals surface area contributed by atoms with Crippen LogP contribution >= 0.6 is 0 Å². The van der Waals surface area contributed by atoms with Gasteiger partial charge < -0.3 is 0 Å². The average Bonchev–Trinajstić information content (AvgIpc) is 2.29. The molecule has 0 fully saturated rings. The molecule has 1 aromatic carbocycles. The Morgan fingerprint density at radius 3 is 2.50 bits per heavy atom. The zero-order chi connectivity index (χ0) is 11.7. The summed E-state index contributed by atoms with van der Waals surface area (Å²) in [6, 6.07) is 6.95. The van der Waals surface area contributed by atoms with Gasteiger partial charge in [0.15, 0.2) is 5.84 Å². The van der Waals surface area contributed by atoms with E-state index in [4.69, 9.17) is 21.3 Å². The van der Waals surface area contributed by atoms with Crippen LogP contribution in [0.2, 0.25) is 0 Å². The summed E-state index contributed by atoms with van der Waals surface area (Å²) in [4.78, 5) is 3.86.